The van der Waals surface area contributed by atoms with Crippen LogP contribution in [-0.4, -0.2) is 12.4 Å². The quantitative estimate of drug-likeness (QED) is 0.430. The Labute approximate surface area is 88.6 Å². The van der Waals surface area contributed by atoms with E-state index in [0.717, 1.165) is 12.8 Å². The molecule has 0 heterocycles. The van der Waals surface area contributed by atoms with Crippen molar-refractivity contribution in [3.8, 4) is 5.75 Å². The highest BCUT2D eigenvalue weighted by Crippen LogP contribution is 2.15. The molecule has 15 heavy (non-hydrogen) atoms. The maximum Gasteiger partial charge on any atom is 0.165 e. The first-order valence-corrected chi connectivity index (χ1v) is 4.90. The first-order chi connectivity index (χ1) is 7.20. The summed E-state index contributed by atoms with van der Waals surface area (Å²) in [5.74, 6) is 0.116. The van der Waals surface area contributed by atoms with Crippen LogP contribution < -0.4 is 10.5 Å². The summed E-state index contributed by atoms with van der Waals surface area (Å²) in [5, 5.41) is 7.00. The smallest absolute Gasteiger partial charge is 0.165 e. The third kappa shape index (κ3) is 4.44. The number of halogens is 1. The van der Waals surface area contributed by atoms with Crippen molar-refractivity contribution in [2.24, 2.45) is 5.73 Å². The van der Waals surface area contributed by atoms with E-state index in [9.17, 15) is 4.39 Å². The number of nitrogens with two attached hydrogens (primary N) is 1. The zero-order chi connectivity index (χ0) is 11.1. The van der Waals surface area contributed by atoms with Crippen LogP contribution in [0.1, 0.15) is 19.3 Å². The van der Waals surface area contributed by atoms with E-state index in [1.165, 1.54) is 6.07 Å². The van der Waals surface area contributed by atoms with Crippen LogP contribution in [0.2, 0.25) is 0 Å². The zero-order valence-corrected chi connectivity index (χ0v) is 8.50. The van der Waals surface area contributed by atoms with E-state index in [1.54, 1.807) is 18.2 Å². The van der Waals surface area contributed by atoms with Gasteiger partial charge in [0.2, 0.25) is 0 Å². The summed E-state index contributed by atoms with van der Waals surface area (Å²) in [7, 11) is 0. The summed E-state index contributed by atoms with van der Waals surface area (Å²) in [6, 6.07) is 6.32. The molecular formula is C11H15FN2O. The predicted molar refractivity (Wildman–Crippen MR) is 57.7 cm³/mol. The first-order valence-electron chi connectivity index (χ1n) is 4.90. The Hall–Kier alpha value is -1.58. The van der Waals surface area contributed by atoms with Crippen molar-refractivity contribution < 1.29 is 9.13 Å². The molecule has 0 unspecified atom stereocenters. The zero-order valence-electron chi connectivity index (χ0n) is 8.50. The van der Waals surface area contributed by atoms with Crippen molar-refractivity contribution in [2.45, 2.75) is 19.3 Å². The van der Waals surface area contributed by atoms with Crippen LogP contribution in [0, 0.1) is 11.2 Å². The predicted octanol–water partition coefficient (Wildman–Crippen LogP) is 2.31. The molecule has 1 rings (SSSR count). The minimum Gasteiger partial charge on any atom is -0.491 e. The van der Waals surface area contributed by atoms with Gasteiger partial charge in [-0.1, -0.05) is 12.1 Å². The minimum absolute atomic E-state index is 0.181. The molecule has 0 amide bonds. The molecule has 4 heteroatoms. The van der Waals surface area contributed by atoms with Crippen LogP contribution in [0.15, 0.2) is 24.3 Å². The fourth-order valence-electron chi connectivity index (χ4n) is 1.16. The van der Waals surface area contributed by atoms with Gasteiger partial charge >= 0.3 is 0 Å². The molecule has 0 radical (unpaired) electrons. The van der Waals surface area contributed by atoms with Gasteiger partial charge in [-0.2, -0.15) is 0 Å². The maximum atomic E-state index is 13.0. The highest BCUT2D eigenvalue weighted by Gasteiger charge is 2.00. The lowest BCUT2D eigenvalue weighted by atomic mass is 10.2. The number of rotatable bonds is 6. The Bertz CT molecular complexity index is 328. The summed E-state index contributed by atoms with van der Waals surface area (Å²) in [4.78, 5) is 0. The van der Waals surface area contributed by atoms with E-state index in [4.69, 9.17) is 15.9 Å². The number of amidine groups is 1. The highest BCUT2D eigenvalue weighted by atomic mass is 19.1. The minimum atomic E-state index is -0.343. The lowest BCUT2D eigenvalue weighted by Crippen LogP contribution is -2.09. The molecule has 1 aromatic rings. The van der Waals surface area contributed by atoms with Gasteiger partial charge in [0.25, 0.3) is 0 Å². The SMILES string of the molecule is N=C(N)CCCCOc1ccccc1F. The second-order valence-corrected chi connectivity index (χ2v) is 3.26. The lowest BCUT2D eigenvalue weighted by Gasteiger charge is -2.06. The van der Waals surface area contributed by atoms with Gasteiger partial charge in [-0.3, -0.25) is 5.41 Å². The van der Waals surface area contributed by atoms with E-state index < -0.39 is 0 Å². The van der Waals surface area contributed by atoms with Crippen LogP contribution in [0.5, 0.6) is 5.75 Å². The molecular weight excluding hydrogens is 195 g/mol. The van der Waals surface area contributed by atoms with Gasteiger partial charge in [-0.05, 0) is 25.0 Å². The molecule has 82 valence electrons. The van der Waals surface area contributed by atoms with E-state index in [-0.39, 0.29) is 17.4 Å². The van der Waals surface area contributed by atoms with Gasteiger partial charge in [0, 0.05) is 6.42 Å². The molecule has 1 aromatic carbocycles. The van der Waals surface area contributed by atoms with Gasteiger partial charge in [0.1, 0.15) is 0 Å². The van der Waals surface area contributed by atoms with Crippen molar-refractivity contribution in [2.75, 3.05) is 6.61 Å². The Kier molecular flexibility index (Phi) is 4.60. The van der Waals surface area contributed by atoms with Gasteiger partial charge in [-0.25, -0.2) is 4.39 Å². The maximum absolute atomic E-state index is 13.0. The van der Waals surface area contributed by atoms with E-state index in [1.807, 2.05) is 0 Å². The molecule has 0 atom stereocenters. The van der Waals surface area contributed by atoms with Crippen LogP contribution in [0.25, 0.3) is 0 Å². The molecule has 0 aliphatic carbocycles. The Morgan fingerprint density at radius 1 is 1.33 bits per heavy atom. The molecule has 0 aromatic heterocycles. The summed E-state index contributed by atoms with van der Waals surface area (Å²) in [6.45, 7) is 0.453. The Morgan fingerprint density at radius 3 is 2.73 bits per heavy atom. The highest BCUT2D eigenvalue weighted by molar-refractivity contribution is 5.76. The average molecular weight is 210 g/mol. The second kappa shape index (κ2) is 6.01. The largest absolute Gasteiger partial charge is 0.491 e. The van der Waals surface area contributed by atoms with Crippen LogP contribution >= 0.6 is 0 Å². The van der Waals surface area contributed by atoms with Crippen molar-refractivity contribution in [1.82, 2.24) is 0 Å². The third-order valence-corrected chi connectivity index (χ3v) is 1.93. The lowest BCUT2D eigenvalue weighted by molar-refractivity contribution is 0.293. The Balaban J connectivity index is 2.21. The average Bonchev–Trinajstić information content (AvgIpc) is 2.20. The number of ether oxygens (including phenoxy) is 1. The third-order valence-electron chi connectivity index (χ3n) is 1.93. The van der Waals surface area contributed by atoms with E-state index >= 15 is 0 Å². The van der Waals surface area contributed by atoms with Crippen molar-refractivity contribution in [1.29, 1.82) is 5.41 Å². The van der Waals surface area contributed by atoms with Crippen molar-refractivity contribution in [3.63, 3.8) is 0 Å². The number of para-hydroxylation sites is 1. The molecule has 0 aliphatic rings. The summed E-state index contributed by atoms with van der Waals surface area (Å²) in [5.41, 5.74) is 5.19. The molecule has 3 N–H and O–H groups in total. The van der Waals surface area contributed by atoms with Crippen LogP contribution in [0.3, 0.4) is 0 Å². The second-order valence-electron chi connectivity index (χ2n) is 3.26. The van der Waals surface area contributed by atoms with Crippen LogP contribution in [0.4, 0.5) is 4.39 Å². The molecule has 0 fully saturated rings. The number of hydrogen-bond donors (Lipinski definition) is 2. The number of nitrogens with one attached hydrogen (secondary N) is 1. The van der Waals surface area contributed by atoms with Crippen LogP contribution in [-0.2, 0) is 0 Å². The molecule has 0 spiro atoms. The van der Waals surface area contributed by atoms with Gasteiger partial charge in [-0.15, -0.1) is 0 Å². The fraction of sp³-hybridized carbons (Fsp3) is 0.364. The molecule has 0 saturated heterocycles. The normalized spacial score (nSPS) is 9.93. The summed E-state index contributed by atoms with van der Waals surface area (Å²) < 4.78 is 18.3. The summed E-state index contributed by atoms with van der Waals surface area (Å²) >= 11 is 0. The number of hydrogen-bond acceptors (Lipinski definition) is 2. The molecule has 0 saturated carbocycles. The van der Waals surface area contributed by atoms with E-state index in [2.05, 4.69) is 0 Å². The summed E-state index contributed by atoms with van der Waals surface area (Å²) in [6.07, 6.45) is 2.14. The van der Waals surface area contributed by atoms with Crippen molar-refractivity contribution >= 4 is 5.84 Å². The van der Waals surface area contributed by atoms with E-state index in [0.29, 0.717) is 13.0 Å². The number of unbranched alkanes of at least 4 members (excludes halogenated alkanes) is 1. The topological polar surface area (TPSA) is 59.1 Å². The fourth-order valence-corrected chi connectivity index (χ4v) is 1.16. The van der Waals surface area contributed by atoms with Crippen molar-refractivity contribution in [3.05, 3.63) is 30.1 Å². The molecule has 0 aliphatic heterocycles. The van der Waals surface area contributed by atoms with Gasteiger partial charge in [0.15, 0.2) is 11.6 Å². The molecule has 3 nitrogen and oxygen atoms in total. The first kappa shape index (κ1) is 11.5. The number of benzene rings is 1. The standard InChI is InChI=1S/C11H15FN2O/c12-9-5-1-2-6-10(9)15-8-4-3-7-11(13)14/h1-2,5-6H,3-4,7-8H2,(H3,13,14). The monoisotopic (exact) mass is 210 g/mol. The van der Waals surface area contributed by atoms with Gasteiger partial charge < -0.3 is 10.5 Å². The van der Waals surface area contributed by atoms with Gasteiger partial charge in [0.05, 0.1) is 12.4 Å². The molecule has 0 bridgehead atoms. The Morgan fingerprint density at radius 2 is 2.07 bits per heavy atom.